The average Bonchev–Trinajstić information content (AvgIpc) is 3.53. The van der Waals surface area contributed by atoms with Crippen LogP contribution in [-0.2, 0) is 9.59 Å². The number of carbonyl (C=O) groups excluding carboxylic acids is 3. The molecule has 2 saturated carbocycles. The van der Waals surface area contributed by atoms with E-state index in [1.807, 2.05) is 0 Å². The molecule has 2 aromatic rings. The number of nitrogens with one attached hydrogen (secondary N) is 1. The number of nitrogens with zero attached hydrogens (tertiary/aromatic N) is 1. The summed E-state index contributed by atoms with van der Waals surface area (Å²) in [6.07, 6.45) is 5.42. The van der Waals surface area contributed by atoms with Gasteiger partial charge in [0.15, 0.2) is 0 Å². The lowest BCUT2D eigenvalue weighted by Crippen LogP contribution is -2.40. The monoisotopic (exact) mass is 452 g/mol. The first-order chi connectivity index (χ1) is 14.9. The SMILES string of the molecule is O=C(Nc1ccc(Cl)cc1Cl)c1cccc(N2C(=O)[C@@H]3[C@H]4C=C[C@@H]([C@@H]5C[C@H]45)[C@@H]3C2=O)c1. The standard InChI is InChI=1S/C24H18Cl2N2O3/c25-12-4-7-19(18(26)9-12)27-22(29)11-2-1-3-13(8-11)28-23(30)20-14-5-6-15(17-10-16(14)17)21(20)24(28)31/h1-9,14-17,20-21H,10H2,(H,27,29)/t14-,15-,16-,17+,20-,21+/m0/s1. The molecule has 0 spiro atoms. The smallest absolute Gasteiger partial charge is 0.255 e. The van der Waals surface area contributed by atoms with Gasteiger partial charge in [-0.1, -0.05) is 41.4 Å². The Morgan fingerprint density at radius 2 is 1.61 bits per heavy atom. The molecule has 31 heavy (non-hydrogen) atoms. The van der Waals surface area contributed by atoms with Gasteiger partial charge in [0, 0.05) is 10.6 Å². The molecule has 4 aliphatic carbocycles. The van der Waals surface area contributed by atoms with E-state index < -0.39 is 0 Å². The Morgan fingerprint density at radius 1 is 0.935 bits per heavy atom. The first-order valence-electron chi connectivity index (χ1n) is 10.4. The van der Waals surface area contributed by atoms with Crippen LogP contribution in [0.1, 0.15) is 16.8 Å². The van der Waals surface area contributed by atoms with E-state index in [9.17, 15) is 14.4 Å². The van der Waals surface area contributed by atoms with Gasteiger partial charge in [0.05, 0.1) is 28.2 Å². The zero-order valence-corrected chi connectivity index (χ0v) is 17.8. The predicted molar refractivity (Wildman–Crippen MR) is 118 cm³/mol. The Labute approximate surface area is 189 Å². The number of hydrogen-bond donors (Lipinski definition) is 1. The topological polar surface area (TPSA) is 66.5 Å². The maximum absolute atomic E-state index is 13.3. The molecule has 0 aromatic heterocycles. The number of benzene rings is 2. The number of anilines is 2. The zero-order valence-electron chi connectivity index (χ0n) is 16.3. The number of allylic oxidation sites excluding steroid dienone is 2. The van der Waals surface area contributed by atoms with Crippen LogP contribution in [-0.4, -0.2) is 17.7 Å². The van der Waals surface area contributed by atoms with E-state index >= 15 is 0 Å². The fourth-order valence-electron chi connectivity index (χ4n) is 5.78. The normalized spacial score (nSPS) is 32.1. The van der Waals surface area contributed by atoms with Crippen molar-refractivity contribution in [1.29, 1.82) is 0 Å². The fourth-order valence-corrected chi connectivity index (χ4v) is 6.24. The third-order valence-electron chi connectivity index (χ3n) is 7.21. The number of imide groups is 1. The van der Waals surface area contributed by atoms with Crippen molar-refractivity contribution in [2.75, 3.05) is 10.2 Å². The van der Waals surface area contributed by atoms with Gasteiger partial charge < -0.3 is 5.32 Å². The van der Waals surface area contributed by atoms with Crippen molar-refractivity contribution in [2.45, 2.75) is 6.42 Å². The van der Waals surface area contributed by atoms with Gasteiger partial charge in [-0.3, -0.25) is 14.4 Å². The Bertz CT molecular complexity index is 1160. The minimum absolute atomic E-state index is 0.141. The average molecular weight is 453 g/mol. The molecule has 2 aromatic carbocycles. The molecule has 6 atom stereocenters. The van der Waals surface area contributed by atoms with E-state index in [0.29, 0.717) is 38.8 Å². The van der Waals surface area contributed by atoms with Crippen LogP contribution in [0.2, 0.25) is 10.0 Å². The maximum Gasteiger partial charge on any atom is 0.255 e. The van der Waals surface area contributed by atoms with Gasteiger partial charge in [-0.25, -0.2) is 4.90 Å². The second-order valence-corrected chi connectivity index (χ2v) is 9.64. The highest BCUT2D eigenvalue weighted by Crippen LogP contribution is 2.65. The summed E-state index contributed by atoms with van der Waals surface area (Å²) < 4.78 is 0. The van der Waals surface area contributed by atoms with Crippen LogP contribution in [0.15, 0.2) is 54.6 Å². The summed E-state index contributed by atoms with van der Waals surface area (Å²) >= 11 is 12.1. The van der Waals surface area contributed by atoms with Gasteiger partial charge >= 0.3 is 0 Å². The van der Waals surface area contributed by atoms with Crippen molar-refractivity contribution < 1.29 is 14.4 Å². The molecule has 5 aliphatic rings. The number of hydrogen-bond acceptors (Lipinski definition) is 3. The molecule has 3 amide bonds. The highest BCUT2D eigenvalue weighted by Gasteiger charge is 2.67. The fraction of sp³-hybridized carbons (Fsp3) is 0.292. The van der Waals surface area contributed by atoms with Crippen LogP contribution in [0.5, 0.6) is 0 Å². The van der Waals surface area contributed by atoms with Crippen molar-refractivity contribution in [2.24, 2.45) is 35.5 Å². The molecule has 1 heterocycles. The van der Waals surface area contributed by atoms with Crippen molar-refractivity contribution >= 4 is 52.3 Å². The molecule has 156 valence electrons. The highest BCUT2D eigenvalue weighted by molar-refractivity contribution is 6.36. The third-order valence-corrected chi connectivity index (χ3v) is 7.76. The number of rotatable bonds is 3. The summed E-state index contributed by atoms with van der Waals surface area (Å²) in [7, 11) is 0. The molecule has 1 saturated heterocycles. The second-order valence-electron chi connectivity index (χ2n) is 8.80. The Balaban J connectivity index is 1.28. The maximum atomic E-state index is 13.3. The largest absolute Gasteiger partial charge is 0.321 e. The molecule has 3 fully saturated rings. The molecule has 2 bridgehead atoms. The van der Waals surface area contributed by atoms with Gasteiger partial charge in [-0.15, -0.1) is 0 Å². The lowest BCUT2D eigenvalue weighted by atomic mass is 9.63. The lowest BCUT2D eigenvalue weighted by molar-refractivity contribution is -0.124. The van der Waals surface area contributed by atoms with Gasteiger partial charge in [-0.05, 0) is 66.5 Å². The molecule has 5 nitrogen and oxygen atoms in total. The van der Waals surface area contributed by atoms with Crippen LogP contribution in [0, 0.1) is 35.5 Å². The van der Waals surface area contributed by atoms with Gasteiger partial charge in [0.25, 0.3) is 5.91 Å². The minimum atomic E-state index is -0.384. The number of carbonyl (C=O) groups is 3. The molecule has 0 radical (unpaired) electrons. The van der Waals surface area contributed by atoms with Crippen molar-refractivity contribution in [3.63, 3.8) is 0 Å². The van der Waals surface area contributed by atoms with E-state index in [-0.39, 0.29) is 41.4 Å². The van der Waals surface area contributed by atoms with Crippen LogP contribution < -0.4 is 10.2 Å². The first kappa shape index (κ1) is 19.1. The first-order valence-corrected chi connectivity index (χ1v) is 11.1. The number of halogens is 2. The predicted octanol–water partition coefficient (Wildman–Crippen LogP) is 4.80. The van der Waals surface area contributed by atoms with Gasteiger partial charge in [0.2, 0.25) is 11.8 Å². The summed E-state index contributed by atoms with van der Waals surface area (Å²) in [6, 6.07) is 11.4. The molecular weight excluding hydrogens is 435 g/mol. The van der Waals surface area contributed by atoms with Crippen LogP contribution in [0.25, 0.3) is 0 Å². The quantitative estimate of drug-likeness (QED) is 0.536. The van der Waals surface area contributed by atoms with E-state index in [0.717, 1.165) is 6.42 Å². The minimum Gasteiger partial charge on any atom is -0.321 e. The van der Waals surface area contributed by atoms with Gasteiger partial charge in [0.1, 0.15) is 0 Å². The molecule has 7 rings (SSSR count). The number of amides is 3. The van der Waals surface area contributed by atoms with Gasteiger partial charge in [-0.2, -0.15) is 0 Å². The molecular formula is C24H18Cl2N2O3. The summed E-state index contributed by atoms with van der Waals surface area (Å²) in [5, 5.41) is 3.55. The van der Waals surface area contributed by atoms with E-state index in [4.69, 9.17) is 23.2 Å². The van der Waals surface area contributed by atoms with E-state index in [2.05, 4.69) is 17.5 Å². The Morgan fingerprint density at radius 3 is 2.26 bits per heavy atom. The van der Waals surface area contributed by atoms with Crippen molar-refractivity contribution in [3.8, 4) is 0 Å². The molecule has 7 heteroatoms. The highest BCUT2D eigenvalue weighted by atomic mass is 35.5. The Kier molecular flexibility index (Phi) is 4.11. The second kappa shape index (κ2) is 6.68. The molecule has 1 aliphatic heterocycles. The summed E-state index contributed by atoms with van der Waals surface area (Å²) in [6.45, 7) is 0. The summed E-state index contributed by atoms with van der Waals surface area (Å²) in [5.41, 5.74) is 1.21. The Hall–Kier alpha value is -2.63. The molecule has 1 N–H and O–H groups in total. The molecule has 0 unspecified atom stereocenters. The summed E-state index contributed by atoms with van der Waals surface area (Å²) in [5.74, 6) is 0.234. The third kappa shape index (κ3) is 2.80. The van der Waals surface area contributed by atoms with Crippen LogP contribution >= 0.6 is 23.2 Å². The zero-order chi connectivity index (χ0) is 21.4. The summed E-state index contributed by atoms with van der Waals surface area (Å²) in [4.78, 5) is 40.7. The van der Waals surface area contributed by atoms with Crippen LogP contribution in [0.4, 0.5) is 11.4 Å². The van der Waals surface area contributed by atoms with Crippen LogP contribution in [0.3, 0.4) is 0 Å². The van der Waals surface area contributed by atoms with E-state index in [1.165, 1.54) is 4.90 Å². The van der Waals surface area contributed by atoms with Crippen molar-refractivity contribution in [3.05, 3.63) is 70.2 Å². The van der Waals surface area contributed by atoms with Crippen molar-refractivity contribution in [1.82, 2.24) is 0 Å². The lowest BCUT2D eigenvalue weighted by Gasteiger charge is -2.37. The van der Waals surface area contributed by atoms with E-state index in [1.54, 1.807) is 42.5 Å².